The maximum absolute atomic E-state index is 13.0. The van der Waals surface area contributed by atoms with Gasteiger partial charge in [-0.05, 0) is 37.3 Å². The molecule has 2 aromatic carbocycles. The number of aryl methyl sites for hydroxylation is 1. The molecule has 144 valence electrons. The van der Waals surface area contributed by atoms with Gasteiger partial charge in [-0.25, -0.2) is 4.79 Å². The number of esters is 1. The number of methoxy groups -OCH3 is 1. The molecule has 1 amide bonds. The maximum atomic E-state index is 13.0. The standard InChI is InChI=1S/C19H13Cl3N2O4/c1-9-15(17(24-28-9)16-12(21)4-3-5-13(16)22)18(25)23-14-8-10(20)6-7-11(14)19(26)27-2/h3-8H,1-2H3,(H,23,25). The fourth-order valence-corrected chi connectivity index (χ4v) is 3.38. The molecule has 9 heteroatoms. The smallest absolute Gasteiger partial charge is 0.339 e. The summed E-state index contributed by atoms with van der Waals surface area (Å²) in [7, 11) is 1.24. The third-order valence-electron chi connectivity index (χ3n) is 3.92. The van der Waals surface area contributed by atoms with Crippen LogP contribution in [-0.4, -0.2) is 24.1 Å². The van der Waals surface area contributed by atoms with Gasteiger partial charge in [0, 0.05) is 10.6 Å². The minimum atomic E-state index is -0.622. The average molecular weight is 440 g/mol. The Morgan fingerprint density at radius 2 is 1.79 bits per heavy atom. The van der Waals surface area contributed by atoms with Crippen molar-refractivity contribution in [2.24, 2.45) is 0 Å². The first-order valence-corrected chi connectivity index (χ1v) is 9.06. The fraction of sp³-hybridized carbons (Fsp3) is 0.105. The minimum Gasteiger partial charge on any atom is -0.465 e. The van der Waals surface area contributed by atoms with Crippen LogP contribution >= 0.6 is 34.8 Å². The minimum absolute atomic E-state index is 0.130. The topological polar surface area (TPSA) is 81.4 Å². The summed E-state index contributed by atoms with van der Waals surface area (Å²) in [5.74, 6) is -0.939. The molecule has 0 radical (unpaired) electrons. The van der Waals surface area contributed by atoms with Crippen LogP contribution in [0.1, 0.15) is 26.5 Å². The number of benzene rings is 2. The number of halogens is 3. The Balaban J connectivity index is 2.06. The number of anilines is 1. The van der Waals surface area contributed by atoms with E-state index in [4.69, 9.17) is 44.1 Å². The van der Waals surface area contributed by atoms with Crippen LogP contribution in [0.4, 0.5) is 5.69 Å². The predicted molar refractivity (Wildman–Crippen MR) is 107 cm³/mol. The van der Waals surface area contributed by atoms with E-state index in [9.17, 15) is 9.59 Å². The number of hydrogen-bond donors (Lipinski definition) is 1. The van der Waals surface area contributed by atoms with Crippen molar-refractivity contribution in [1.82, 2.24) is 5.16 Å². The van der Waals surface area contributed by atoms with Gasteiger partial charge in [-0.15, -0.1) is 0 Å². The van der Waals surface area contributed by atoms with Crippen molar-refractivity contribution in [3.63, 3.8) is 0 Å². The van der Waals surface area contributed by atoms with E-state index in [1.807, 2.05) is 0 Å². The summed E-state index contributed by atoms with van der Waals surface area (Å²) in [6.07, 6.45) is 0. The second kappa shape index (κ2) is 8.22. The summed E-state index contributed by atoms with van der Waals surface area (Å²) in [5.41, 5.74) is 1.01. The quantitative estimate of drug-likeness (QED) is 0.531. The first-order valence-electron chi connectivity index (χ1n) is 7.93. The molecule has 28 heavy (non-hydrogen) atoms. The molecule has 0 unspecified atom stereocenters. The SMILES string of the molecule is COC(=O)c1ccc(Cl)cc1NC(=O)c1c(-c2c(Cl)cccc2Cl)noc1C. The van der Waals surface area contributed by atoms with Crippen LogP contribution in [0.5, 0.6) is 0 Å². The van der Waals surface area contributed by atoms with Crippen LogP contribution in [0.25, 0.3) is 11.3 Å². The number of ether oxygens (including phenoxy) is 1. The molecule has 1 heterocycles. The third kappa shape index (κ3) is 3.85. The normalized spacial score (nSPS) is 10.6. The fourth-order valence-electron chi connectivity index (χ4n) is 2.63. The van der Waals surface area contributed by atoms with E-state index < -0.39 is 11.9 Å². The molecule has 0 saturated carbocycles. The molecule has 0 atom stereocenters. The van der Waals surface area contributed by atoms with Gasteiger partial charge in [-0.1, -0.05) is 46.0 Å². The molecule has 3 aromatic rings. The maximum Gasteiger partial charge on any atom is 0.339 e. The Morgan fingerprint density at radius 3 is 2.43 bits per heavy atom. The number of aromatic nitrogens is 1. The predicted octanol–water partition coefficient (Wildman–Crippen LogP) is 5.65. The number of nitrogens with zero attached hydrogens (tertiary/aromatic N) is 1. The van der Waals surface area contributed by atoms with E-state index in [2.05, 4.69) is 10.5 Å². The largest absolute Gasteiger partial charge is 0.465 e. The zero-order valence-corrected chi connectivity index (χ0v) is 16.9. The van der Waals surface area contributed by atoms with Crippen molar-refractivity contribution >= 4 is 52.4 Å². The van der Waals surface area contributed by atoms with E-state index >= 15 is 0 Å². The zero-order chi connectivity index (χ0) is 20.4. The Labute approximate surface area is 175 Å². The van der Waals surface area contributed by atoms with Crippen LogP contribution < -0.4 is 5.32 Å². The van der Waals surface area contributed by atoms with Gasteiger partial charge in [0.25, 0.3) is 5.91 Å². The van der Waals surface area contributed by atoms with E-state index in [0.29, 0.717) is 20.6 Å². The van der Waals surface area contributed by atoms with Gasteiger partial charge in [0.05, 0.1) is 28.4 Å². The Bertz CT molecular complexity index is 1060. The lowest BCUT2D eigenvalue weighted by molar-refractivity contribution is 0.0602. The first kappa shape index (κ1) is 20.2. The summed E-state index contributed by atoms with van der Waals surface area (Å²) >= 11 is 18.5. The molecule has 0 fully saturated rings. The van der Waals surface area contributed by atoms with Crippen molar-refractivity contribution in [3.05, 3.63) is 68.4 Å². The van der Waals surface area contributed by atoms with Crippen molar-refractivity contribution in [1.29, 1.82) is 0 Å². The molecule has 0 saturated heterocycles. The van der Waals surface area contributed by atoms with Gasteiger partial charge < -0.3 is 14.6 Å². The summed E-state index contributed by atoms with van der Waals surface area (Å²) in [4.78, 5) is 25.0. The van der Waals surface area contributed by atoms with Crippen LogP contribution in [0.3, 0.4) is 0 Å². The van der Waals surface area contributed by atoms with E-state index in [1.54, 1.807) is 25.1 Å². The van der Waals surface area contributed by atoms with E-state index in [0.717, 1.165) is 0 Å². The Morgan fingerprint density at radius 1 is 1.11 bits per heavy atom. The molecule has 0 aliphatic heterocycles. The molecule has 1 N–H and O–H groups in total. The van der Waals surface area contributed by atoms with Gasteiger partial charge in [-0.2, -0.15) is 0 Å². The van der Waals surface area contributed by atoms with Crippen LogP contribution in [0, 0.1) is 6.92 Å². The van der Waals surface area contributed by atoms with Gasteiger partial charge in [0.2, 0.25) is 0 Å². The van der Waals surface area contributed by atoms with E-state index in [1.165, 1.54) is 25.3 Å². The van der Waals surface area contributed by atoms with Crippen molar-refractivity contribution in [2.75, 3.05) is 12.4 Å². The highest BCUT2D eigenvalue weighted by Gasteiger charge is 2.26. The van der Waals surface area contributed by atoms with E-state index in [-0.39, 0.29) is 28.3 Å². The molecule has 0 bridgehead atoms. The second-order valence-corrected chi connectivity index (χ2v) is 6.95. The lowest BCUT2D eigenvalue weighted by Gasteiger charge is -2.11. The van der Waals surface area contributed by atoms with Gasteiger partial charge in [-0.3, -0.25) is 4.79 Å². The molecule has 0 aliphatic rings. The number of carbonyl (C=O) groups excluding carboxylic acids is 2. The van der Waals surface area contributed by atoms with Gasteiger partial charge >= 0.3 is 5.97 Å². The molecular weight excluding hydrogens is 427 g/mol. The Kier molecular flexibility index (Phi) is 5.93. The number of carbonyl (C=O) groups is 2. The number of hydrogen-bond acceptors (Lipinski definition) is 5. The lowest BCUT2D eigenvalue weighted by Crippen LogP contribution is -2.16. The van der Waals surface area contributed by atoms with Crippen LogP contribution in [0.2, 0.25) is 15.1 Å². The second-order valence-electron chi connectivity index (χ2n) is 5.69. The molecule has 3 rings (SSSR count). The van der Waals surface area contributed by atoms with Gasteiger partial charge in [0.15, 0.2) is 0 Å². The number of amides is 1. The van der Waals surface area contributed by atoms with Crippen LogP contribution in [-0.2, 0) is 4.74 Å². The van der Waals surface area contributed by atoms with Crippen molar-refractivity contribution in [2.45, 2.75) is 6.92 Å². The van der Waals surface area contributed by atoms with Gasteiger partial charge in [0.1, 0.15) is 17.0 Å². The highest BCUT2D eigenvalue weighted by molar-refractivity contribution is 6.39. The van der Waals surface area contributed by atoms with Crippen molar-refractivity contribution < 1.29 is 18.8 Å². The lowest BCUT2D eigenvalue weighted by atomic mass is 10.0. The third-order valence-corrected chi connectivity index (χ3v) is 4.79. The van der Waals surface area contributed by atoms with Crippen LogP contribution in [0.15, 0.2) is 40.9 Å². The molecule has 6 nitrogen and oxygen atoms in total. The van der Waals surface area contributed by atoms with Crippen molar-refractivity contribution in [3.8, 4) is 11.3 Å². The molecule has 1 aromatic heterocycles. The number of rotatable bonds is 4. The summed E-state index contributed by atoms with van der Waals surface area (Å²) in [5, 5.41) is 7.55. The number of nitrogens with one attached hydrogen (secondary N) is 1. The highest BCUT2D eigenvalue weighted by Crippen LogP contribution is 2.37. The summed E-state index contributed by atoms with van der Waals surface area (Å²) in [6, 6.07) is 9.34. The average Bonchev–Trinajstić information content (AvgIpc) is 3.02. The Hall–Kier alpha value is -2.54. The molecule has 0 aliphatic carbocycles. The summed E-state index contributed by atoms with van der Waals surface area (Å²) in [6.45, 7) is 1.58. The monoisotopic (exact) mass is 438 g/mol. The molecule has 0 spiro atoms. The highest BCUT2D eigenvalue weighted by atomic mass is 35.5. The molecular formula is C19H13Cl3N2O4. The first-order chi connectivity index (χ1) is 13.3. The zero-order valence-electron chi connectivity index (χ0n) is 14.7. The summed E-state index contributed by atoms with van der Waals surface area (Å²) < 4.78 is 9.93.